The number of carbonyl (C=O) groups is 1. The lowest BCUT2D eigenvalue weighted by molar-refractivity contribution is -0.126. The van der Waals surface area contributed by atoms with E-state index in [-0.39, 0.29) is 18.3 Å². The van der Waals surface area contributed by atoms with Crippen molar-refractivity contribution in [2.24, 2.45) is 11.8 Å². The molecule has 1 aromatic rings. The number of ketones is 1. The Morgan fingerprint density at radius 2 is 1.65 bits per heavy atom. The number of aliphatic hydroxyl groups excluding tert-OH is 1. The Bertz CT molecular complexity index is 557. The fraction of sp³-hybridized carbons (Fsp3) is 0.682. The van der Waals surface area contributed by atoms with Crippen LogP contribution in [-0.2, 0) is 11.3 Å². The molecule has 0 amide bonds. The maximum atomic E-state index is 11.7. The van der Waals surface area contributed by atoms with Crippen molar-refractivity contribution in [3.05, 3.63) is 35.9 Å². The van der Waals surface area contributed by atoms with E-state index in [1.165, 1.54) is 5.56 Å². The molecule has 1 N–H and O–H groups in total. The van der Waals surface area contributed by atoms with Crippen molar-refractivity contribution >= 4 is 5.78 Å². The van der Waals surface area contributed by atoms with E-state index in [2.05, 4.69) is 54.0 Å². The smallest absolute Gasteiger partial charge is 0.161 e. The van der Waals surface area contributed by atoms with Gasteiger partial charge in [0.25, 0.3) is 0 Å². The Kier molecular flexibility index (Phi) is 6.85. The molecule has 1 aliphatic heterocycles. The Balaban J connectivity index is 1.48. The number of piperazine rings is 1. The van der Waals surface area contributed by atoms with Crippen LogP contribution in [0.2, 0.25) is 0 Å². The number of hydrogen-bond acceptors (Lipinski definition) is 4. The van der Waals surface area contributed by atoms with Crippen molar-refractivity contribution in [2.45, 2.75) is 58.2 Å². The first-order valence-electron chi connectivity index (χ1n) is 10.2. The quantitative estimate of drug-likeness (QED) is 0.849. The molecule has 4 nitrogen and oxygen atoms in total. The Labute approximate surface area is 158 Å². The van der Waals surface area contributed by atoms with E-state index in [9.17, 15) is 4.79 Å². The number of carbonyl (C=O) groups excluding carboxylic acids is 1. The second-order valence-corrected chi connectivity index (χ2v) is 8.42. The van der Waals surface area contributed by atoms with Gasteiger partial charge < -0.3 is 5.11 Å². The molecule has 0 spiro atoms. The van der Waals surface area contributed by atoms with E-state index in [0.717, 1.165) is 51.9 Å². The minimum Gasteiger partial charge on any atom is -0.389 e. The number of benzene rings is 1. The van der Waals surface area contributed by atoms with Crippen LogP contribution < -0.4 is 0 Å². The van der Waals surface area contributed by atoms with Crippen LogP contribution in [0.15, 0.2) is 30.3 Å². The van der Waals surface area contributed by atoms with Crippen molar-refractivity contribution in [1.29, 1.82) is 0 Å². The second kappa shape index (κ2) is 9.12. The molecule has 0 radical (unpaired) electrons. The van der Waals surface area contributed by atoms with E-state index < -0.39 is 0 Å². The molecule has 2 aliphatic rings. The van der Waals surface area contributed by atoms with Gasteiger partial charge in [0.2, 0.25) is 0 Å². The Hall–Kier alpha value is -1.23. The molecule has 4 heteroatoms. The molecule has 1 saturated heterocycles. The first kappa shape index (κ1) is 19.5. The zero-order valence-corrected chi connectivity index (χ0v) is 16.3. The summed E-state index contributed by atoms with van der Waals surface area (Å²) in [5.41, 5.74) is 1.39. The molecule has 1 aromatic carbocycles. The van der Waals surface area contributed by atoms with Gasteiger partial charge in [-0.3, -0.25) is 14.6 Å². The van der Waals surface area contributed by atoms with Gasteiger partial charge in [-0.25, -0.2) is 0 Å². The molecule has 0 bridgehead atoms. The van der Waals surface area contributed by atoms with Crippen LogP contribution >= 0.6 is 0 Å². The molecule has 0 unspecified atom stereocenters. The van der Waals surface area contributed by atoms with Crippen LogP contribution in [0.4, 0.5) is 0 Å². The standard InChI is InChI=1S/C22H34N2O2/c1-17-12-23(14-20-8-10-21(11-9-20)22(26)16-25)13-18(2)24(17)15-19-6-4-3-5-7-19/h3-7,17-18,20-21,25H,8-16H2,1-2H3/t17-,18+,20?,21?. The van der Waals surface area contributed by atoms with Crippen molar-refractivity contribution in [3.63, 3.8) is 0 Å². The molecule has 3 rings (SSSR count). The highest BCUT2D eigenvalue weighted by Crippen LogP contribution is 2.31. The number of nitrogens with zero attached hydrogens (tertiary/aromatic N) is 2. The SMILES string of the molecule is C[C@@H]1CN(CC2CCC(C(=O)CO)CC2)C[C@H](C)N1Cc1ccccc1. The first-order chi connectivity index (χ1) is 12.6. The summed E-state index contributed by atoms with van der Waals surface area (Å²) in [6.07, 6.45) is 4.18. The zero-order chi connectivity index (χ0) is 18.5. The highest BCUT2D eigenvalue weighted by Gasteiger charge is 2.32. The number of aliphatic hydroxyl groups is 1. The van der Waals surface area contributed by atoms with Crippen molar-refractivity contribution < 1.29 is 9.90 Å². The van der Waals surface area contributed by atoms with E-state index in [1.54, 1.807) is 0 Å². The molecule has 1 aliphatic carbocycles. The Morgan fingerprint density at radius 3 is 2.23 bits per heavy atom. The fourth-order valence-electron chi connectivity index (χ4n) is 4.88. The van der Waals surface area contributed by atoms with Crippen molar-refractivity contribution in [2.75, 3.05) is 26.2 Å². The Morgan fingerprint density at radius 1 is 1.04 bits per heavy atom. The van der Waals surface area contributed by atoms with Crippen LogP contribution in [0.5, 0.6) is 0 Å². The lowest BCUT2D eigenvalue weighted by Crippen LogP contribution is -2.56. The molecule has 1 saturated carbocycles. The molecule has 0 aromatic heterocycles. The third-order valence-corrected chi connectivity index (χ3v) is 6.36. The zero-order valence-electron chi connectivity index (χ0n) is 16.3. The van der Waals surface area contributed by atoms with Crippen molar-refractivity contribution in [1.82, 2.24) is 9.80 Å². The van der Waals surface area contributed by atoms with Gasteiger partial charge in [0.05, 0.1) is 0 Å². The van der Waals surface area contributed by atoms with E-state index in [1.807, 2.05) is 0 Å². The van der Waals surface area contributed by atoms with Gasteiger partial charge in [-0.1, -0.05) is 30.3 Å². The number of rotatable bonds is 6. The molecular formula is C22H34N2O2. The highest BCUT2D eigenvalue weighted by atomic mass is 16.3. The van der Waals surface area contributed by atoms with Crippen molar-refractivity contribution in [3.8, 4) is 0 Å². The van der Waals surface area contributed by atoms with Gasteiger partial charge in [-0.05, 0) is 51.0 Å². The third kappa shape index (κ3) is 4.93. The van der Waals surface area contributed by atoms with Gasteiger partial charge >= 0.3 is 0 Å². The monoisotopic (exact) mass is 358 g/mol. The first-order valence-corrected chi connectivity index (χ1v) is 10.2. The molecule has 2 atom stereocenters. The van der Waals surface area contributed by atoms with Gasteiger partial charge in [0, 0.05) is 44.2 Å². The van der Waals surface area contributed by atoms with Crippen LogP contribution in [-0.4, -0.2) is 59.0 Å². The summed E-state index contributed by atoms with van der Waals surface area (Å²) in [5.74, 6) is 0.856. The number of hydrogen-bond donors (Lipinski definition) is 1. The van der Waals surface area contributed by atoms with Crippen LogP contribution in [0, 0.1) is 11.8 Å². The average molecular weight is 359 g/mol. The second-order valence-electron chi connectivity index (χ2n) is 8.42. The lowest BCUT2D eigenvalue weighted by atomic mass is 9.80. The van der Waals surface area contributed by atoms with Crippen LogP contribution in [0.3, 0.4) is 0 Å². The number of Topliss-reactive ketones (excluding diaryl/α,β-unsaturated/α-hetero) is 1. The predicted octanol–water partition coefficient (Wildman–Crippen LogP) is 2.95. The predicted molar refractivity (Wildman–Crippen MR) is 105 cm³/mol. The van der Waals surface area contributed by atoms with E-state index in [0.29, 0.717) is 18.0 Å². The molecular weight excluding hydrogens is 324 g/mol. The average Bonchev–Trinajstić information content (AvgIpc) is 2.65. The summed E-state index contributed by atoms with van der Waals surface area (Å²) in [7, 11) is 0. The third-order valence-electron chi connectivity index (χ3n) is 6.36. The highest BCUT2D eigenvalue weighted by molar-refractivity contribution is 5.81. The summed E-state index contributed by atoms with van der Waals surface area (Å²) in [4.78, 5) is 16.9. The summed E-state index contributed by atoms with van der Waals surface area (Å²) < 4.78 is 0. The van der Waals surface area contributed by atoms with Gasteiger partial charge in [-0.15, -0.1) is 0 Å². The maximum absolute atomic E-state index is 11.7. The minimum absolute atomic E-state index is 0.0419. The van der Waals surface area contributed by atoms with E-state index >= 15 is 0 Å². The largest absolute Gasteiger partial charge is 0.389 e. The summed E-state index contributed by atoms with van der Waals surface area (Å²) >= 11 is 0. The maximum Gasteiger partial charge on any atom is 0.161 e. The molecule has 144 valence electrons. The minimum atomic E-state index is -0.284. The van der Waals surface area contributed by atoms with Crippen LogP contribution in [0.1, 0.15) is 45.1 Å². The summed E-state index contributed by atoms with van der Waals surface area (Å²) in [6, 6.07) is 11.9. The van der Waals surface area contributed by atoms with Gasteiger partial charge in [-0.2, -0.15) is 0 Å². The topological polar surface area (TPSA) is 43.8 Å². The van der Waals surface area contributed by atoms with Gasteiger partial charge in [0.1, 0.15) is 6.61 Å². The van der Waals surface area contributed by atoms with Crippen LogP contribution in [0.25, 0.3) is 0 Å². The van der Waals surface area contributed by atoms with E-state index in [4.69, 9.17) is 5.11 Å². The molecule has 2 fully saturated rings. The summed E-state index contributed by atoms with van der Waals surface area (Å²) in [5, 5.41) is 9.04. The molecule has 26 heavy (non-hydrogen) atoms. The lowest BCUT2D eigenvalue weighted by Gasteiger charge is -2.46. The normalized spacial score (nSPS) is 31.0. The fourth-order valence-corrected chi connectivity index (χ4v) is 4.88. The molecule has 1 heterocycles. The van der Waals surface area contributed by atoms with Gasteiger partial charge in [0.15, 0.2) is 5.78 Å². The summed E-state index contributed by atoms with van der Waals surface area (Å²) in [6.45, 7) is 8.87.